The van der Waals surface area contributed by atoms with Crippen LogP contribution in [0.4, 0.5) is 0 Å². The number of methoxy groups -OCH3 is 1. The quantitative estimate of drug-likeness (QED) is 0.695. The normalized spacial score (nSPS) is 12.3. The second kappa shape index (κ2) is 8.18. The second-order valence-electron chi connectivity index (χ2n) is 6.57. The summed E-state index contributed by atoms with van der Waals surface area (Å²) in [4.78, 5) is 14.7. The van der Waals surface area contributed by atoms with Gasteiger partial charge in [-0.05, 0) is 56.9 Å². The van der Waals surface area contributed by atoms with Gasteiger partial charge in [0.05, 0.1) is 18.7 Å². The molecule has 27 heavy (non-hydrogen) atoms. The van der Waals surface area contributed by atoms with E-state index in [1.54, 1.807) is 13.2 Å². The first kappa shape index (κ1) is 18.8. The van der Waals surface area contributed by atoms with Crippen molar-refractivity contribution in [1.82, 2.24) is 25.2 Å². The zero-order valence-electron chi connectivity index (χ0n) is 16.1. The van der Waals surface area contributed by atoms with Crippen molar-refractivity contribution >= 4 is 16.9 Å². The van der Waals surface area contributed by atoms with Crippen molar-refractivity contribution in [2.45, 2.75) is 19.5 Å². The Hall–Kier alpha value is -2.93. The van der Waals surface area contributed by atoms with E-state index in [0.717, 1.165) is 28.9 Å². The minimum Gasteiger partial charge on any atom is -0.497 e. The number of carbonyl (C=O) groups excluding carboxylic acids is 1. The van der Waals surface area contributed by atoms with Gasteiger partial charge < -0.3 is 15.0 Å². The summed E-state index contributed by atoms with van der Waals surface area (Å²) in [5.41, 5.74) is 3.31. The molecular formula is C20H25N5O2. The second-order valence-corrected chi connectivity index (χ2v) is 6.57. The molecule has 3 aromatic rings. The standard InChI is InChI=1S/C20H25N5O2/c1-5-25-18-10-9-15(12-17(18)22-23-25)20(26)21-13-19(24(2)3)14-7-6-8-16(11-14)27-4/h6-12,19H,5,13H2,1-4H3,(H,21,26). The highest BCUT2D eigenvalue weighted by molar-refractivity contribution is 5.97. The average molecular weight is 367 g/mol. The third-order valence-electron chi connectivity index (χ3n) is 4.63. The molecule has 2 aromatic carbocycles. The van der Waals surface area contributed by atoms with Crippen molar-refractivity contribution in [3.8, 4) is 5.75 Å². The van der Waals surface area contributed by atoms with Gasteiger partial charge in [-0.15, -0.1) is 5.10 Å². The molecule has 0 bridgehead atoms. The van der Waals surface area contributed by atoms with Crippen molar-refractivity contribution in [3.05, 3.63) is 53.6 Å². The summed E-state index contributed by atoms with van der Waals surface area (Å²) in [5.74, 6) is 0.674. The van der Waals surface area contributed by atoms with Crippen LogP contribution in [0.1, 0.15) is 28.9 Å². The minimum atomic E-state index is -0.127. The van der Waals surface area contributed by atoms with Crippen LogP contribution in [0.15, 0.2) is 42.5 Å². The van der Waals surface area contributed by atoms with Crippen molar-refractivity contribution in [1.29, 1.82) is 0 Å². The summed E-state index contributed by atoms with van der Waals surface area (Å²) < 4.78 is 7.12. The number of aryl methyl sites for hydroxylation is 1. The third-order valence-corrected chi connectivity index (χ3v) is 4.63. The fourth-order valence-electron chi connectivity index (χ4n) is 3.09. The lowest BCUT2D eigenvalue weighted by atomic mass is 10.1. The molecule has 1 heterocycles. The maximum absolute atomic E-state index is 12.6. The summed E-state index contributed by atoms with van der Waals surface area (Å²) in [6.45, 7) is 3.24. The molecule has 7 heteroatoms. The SMILES string of the molecule is CCn1nnc2cc(C(=O)NCC(c3cccc(OC)c3)N(C)C)ccc21. The van der Waals surface area contributed by atoms with Gasteiger partial charge in [-0.2, -0.15) is 0 Å². The molecular weight excluding hydrogens is 342 g/mol. The van der Waals surface area contributed by atoms with Crippen molar-refractivity contribution in [3.63, 3.8) is 0 Å². The number of hydrogen-bond acceptors (Lipinski definition) is 5. The summed E-state index contributed by atoms with van der Waals surface area (Å²) in [6.07, 6.45) is 0. The number of nitrogens with zero attached hydrogens (tertiary/aromatic N) is 4. The van der Waals surface area contributed by atoms with Crippen molar-refractivity contribution in [2.24, 2.45) is 0 Å². The van der Waals surface area contributed by atoms with Crippen LogP contribution < -0.4 is 10.1 Å². The highest BCUT2D eigenvalue weighted by atomic mass is 16.5. The Labute approximate surface area is 158 Å². The Bertz CT molecular complexity index is 935. The van der Waals surface area contributed by atoms with Crippen LogP contribution in [-0.2, 0) is 6.54 Å². The number of rotatable bonds is 7. The Morgan fingerprint density at radius 1 is 1.26 bits per heavy atom. The van der Waals surface area contributed by atoms with E-state index in [1.807, 2.05) is 62.1 Å². The van der Waals surface area contributed by atoms with Gasteiger partial charge in [0, 0.05) is 18.7 Å². The fraction of sp³-hybridized carbons (Fsp3) is 0.350. The summed E-state index contributed by atoms with van der Waals surface area (Å²) in [6, 6.07) is 13.4. The molecule has 3 rings (SSSR count). The van der Waals surface area contributed by atoms with Gasteiger partial charge in [-0.25, -0.2) is 4.68 Å². The van der Waals surface area contributed by atoms with E-state index < -0.39 is 0 Å². The van der Waals surface area contributed by atoms with E-state index >= 15 is 0 Å². The van der Waals surface area contributed by atoms with Crippen LogP contribution in [0.2, 0.25) is 0 Å². The average Bonchev–Trinajstić information content (AvgIpc) is 3.10. The van der Waals surface area contributed by atoms with Crippen molar-refractivity contribution < 1.29 is 9.53 Å². The molecule has 0 radical (unpaired) electrons. The maximum Gasteiger partial charge on any atom is 0.251 e. The van der Waals surface area contributed by atoms with Crippen LogP contribution in [0.5, 0.6) is 5.75 Å². The van der Waals surface area contributed by atoms with Crippen LogP contribution in [0.25, 0.3) is 11.0 Å². The van der Waals surface area contributed by atoms with E-state index in [2.05, 4.69) is 20.5 Å². The van der Waals surface area contributed by atoms with E-state index in [9.17, 15) is 4.79 Å². The molecule has 1 N–H and O–H groups in total. The topological polar surface area (TPSA) is 72.3 Å². The summed E-state index contributed by atoms with van der Waals surface area (Å²) >= 11 is 0. The molecule has 7 nitrogen and oxygen atoms in total. The number of carbonyl (C=O) groups is 1. The van der Waals surface area contributed by atoms with E-state index in [0.29, 0.717) is 12.1 Å². The number of benzene rings is 2. The van der Waals surface area contributed by atoms with Gasteiger partial charge in [0.2, 0.25) is 0 Å². The van der Waals surface area contributed by atoms with E-state index in [-0.39, 0.29) is 11.9 Å². The van der Waals surface area contributed by atoms with Gasteiger partial charge >= 0.3 is 0 Å². The number of likely N-dealkylation sites (N-methyl/N-ethyl adjacent to an activating group) is 1. The number of nitrogens with one attached hydrogen (secondary N) is 1. The number of aromatic nitrogens is 3. The van der Waals surface area contributed by atoms with Crippen molar-refractivity contribution in [2.75, 3.05) is 27.7 Å². The lowest BCUT2D eigenvalue weighted by molar-refractivity contribution is 0.0942. The van der Waals surface area contributed by atoms with Crippen LogP contribution >= 0.6 is 0 Å². The van der Waals surface area contributed by atoms with Gasteiger partial charge in [0.25, 0.3) is 5.91 Å². The lowest BCUT2D eigenvalue weighted by Crippen LogP contribution is -2.34. The Kier molecular flexibility index (Phi) is 5.71. The number of ether oxygens (including phenoxy) is 1. The Balaban J connectivity index is 1.74. The van der Waals surface area contributed by atoms with E-state index in [4.69, 9.17) is 4.74 Å². The smallest absolute Gasteiger partial charge is 0.251 e. The monoisotopic (exact) mass is 367 g/mol. The zero-order valence-corrected chi connectivity index (χ0v) is 16.1. The Morgan fingerprint density at radius 3 is 2.78 bits per heavy atom. The van der Waals surface area contributed by atoms with Gasteiger partial charge in [0.1, 0.15) is 11.3 Å². The third kappa shape index (κ3) is 4.09. The molecule has 1 amide bonds. The number of amides is 1. The molecule has 0 aliphatic rings. The number of fused-ring (bicyclic) bond motifs is 1. The maximum atomic E-state index is 12.6. The number of hydrogen-bond donors (Lipinski definition) is 1. The van der Waals surface area contributed by atoms with Crippen LogP contribution in [-0.4, -0.2) is 53.6 Å². The van der Waals surface area contributed by atoms with Crippen LogP contribution in [0.3, 0.4) is 0 Å². The highest BCUT2D eigenvalue weighted by Gasteiger charge is 2.17. The van der Waals surface area contributed by atoms with Gasteiger partial charge in [-0.1, -0.05) is 17.3 Å². The molecule has 0 saturated carbocycles. The molecule has 1 aromatic heterocycles. The molecule has 0 spiro atoms. The molecule has 1 atom stereocenters. The first-order valence-corrected chi connectivity index (χ1v) is 8.95. The predicted molar refractivity (Wildman–Crippen MR) is 105 cm³/mol. The van der Waals surface area contributed by atoms with Crippen LogP contribution in [0, 0.1) is 0 Å². The molecule has 0 fully saturated rings. The lowest BCUT2D eigenvalue weighted by Gasteiger charge is -2.25. The summed E-state index contributed by atoms with van der Waals surface area (Å²) in [7, 11) is 5.63. The molecule has 1 unspecified atom stereocenters. The first-order chi connectivity index (χ1) is 13.0. The molecule has 0 aliphatic heterocycles. The molecule has 0 aliphatic carbocycles. The van der Waals surface area contributed by atoms with Gasteiger partial charge in [-0.3, -0.25) is 4.79 Å². The molecule has 0 saturated heterocycles. The van der Waals surface area contributed by atoms with Gasteiger partial charge in [0.15, 0.2) is 0 Å². The fourth-order valence-corrected chi connectivity index (χ4v) is 3.09. The highest BCUT2D eigenvalue weighted by Crippen LogP contribution is 2.22. The first-order valence-electron chi connectivity index (χ1n) is 8.95. The summed E-state index contributed by atoms with van der Waals surface area (Å²) in [5, 5.41) is 11.2. The Morgan fingerprint density at radius 2 is 2.07 bits per heavy atom. The zero-order chi connectivity index (χ0) is 19.4. The van der Waals surface area contributed by atoms with E-state index in [1.165, 1.54) is 0 Å². The predicted octanol–water partition coefficient (Wildman–Crippen LogP) is 2.49. The molecule has 142 valence electrons. The minimum absolute atomic E-state index is 0.0359. The largest absolute Gasteiger partial charge is 0.497 e.